The van der Waals surface area contributed by atoms with Crippen molar-refractivity contribution < 1.29 is 19.8 Å². The average molecular weight is 657 g/mol. The Labute approximate surface area is 288 Å². The van der Waals surface area contributed by atoms with Gasteiger partial charge in [-0.3, -0.25) is 20.4 Å². The second-order valence-corrected chi connectivity index (χ2v) is 15.7. The van der Waals surface area contributed by atoms with Crippen molar-refractivity contribution in [3.05, 3.63) is 57.6 Å². The molecule has 4 saturated carbocycles. The zero-order valence-corrected chi connectivity index (χ0v) is 29.3. The molecular formula is C42H60N2O4. The van der Waals surface area contributed by atoms with Gasteiger partial charge < -0.3 is 10.2 Å². The van der Waals surface area contributed by atoms with Gasteiger partial charge in [0.2, 0.25) is 11.8 Å². The third-order valence-corrected chi connectivity index (χ3v) is 12.3. The first-order chi connectivity index (χ1) is 23.5. The number of hydrogen-bond acceptors (Lipinski definition) is 4. The molecule has 6 heteroatoms. The number of aryl methyl sites for hydroxylation is 2. The molecule has 6 rings (SSSR count). The molecule has 2 aromatic rings. The van der Waals surface area contributed by atoms with Crippen LogP contribution in [0.1, 0.15) is 198 Å². The second-order valence-electron chi connectivity index (χ2n) is 15.7. The van der Waals surface area contributed by atoms with Crippen molar-refractivity contribution in [2.24, 2.45) is 0 Å². The normalized spacial score (nSPS) is 20.4. The van der Waals surface area contributed by atoms with Gasteiger partial charge >= 0.3 is 0 Å². The Balaban J connectivity index is 1.05. The molecule has 48 heavy (non-hydrogen) atoms. The number of carbonyl (C=O) groups is 2. The van der Waals surface area contributed by atoms with Crippen molar-refractivity contribution in [3.8, 4) is 11.5 Å². The van der Waals surface area contributed by atoms with Crippen LogP contribution in [0.2, 0.25) is 0 Å². The predicted molar refractivity (Wildman–Crippen MR) is 192 cm³/mol. The van der Waals surface area contributed by atoms with Crippen LogP contribution in [0.15, 0.2) is 24.3 Å². The molecule has 2 amide bonds. The lowest BCUT2D eigenvalue weighted by molar-refractivity contribution is -0.128. The molecule has 0 aromatic heterocycles. The lowest BCUT2D eigenvalue weighted by atomic mass is 9.78. The molecule has 0 aliphatic heterocycles. The predicted octanol–water partition coefficient (Wildman–Crippen LogP) is 10.0. The fourth-order valence-electron chi connectivity index (χ4n) is 9.46. The maximum absolute atomic E-state index is 12.9. The monoisotopic (exact) mass is 656 g/mol. The molecule has 0 spiro atoms. The summed E-state index contributed by atoms with van der Waals surface area (Å²) in [5.41, 5.74) is 11.9. The lowest BCUT2D eigenvalue weighted by Crippen LogP contribution is -2.41. The number of hydrazine groups is 1. The molecular weight excluding hydrogens is 596 g/mol. The summed E-state index contributed by atoms with van der Waals surface area (Å²) >= 11 is 0. The topological polar surface area (TPSA) is 98.7 Å². The number of amides is 2. The van der Waals surface area contributed by atoms with E-state index in [-0.39, 0.29) is 24.7 Å². The summed E-state index contributed by atoms with van der Waals surface area (Å²) in [5.74, 6) is 2.25. The van der Waals surface area contributed by atoms with Crippen LogP contribution in [0.3, 0.4) is 0 Å². The maximum Gasteiger partial charge on any atom is 0.238 e. The van der Waals surface area contributed by atoms with Crippen molar-refractivity contribution in [2.45, 2.75) is 178 Å². The van der Waals surface area contributed by atoms with Crippen LogP contribution in [0.4, 0.5) is 0 Å². The number of phenolic OH excluding ortho intramolecular Hbond substituents is 2. The van der Waals surface area contributed by atoms with E-state index in [1.165, 1.54) is 77.0 Å². The second kappa shape index (κ2) is 17.1. The van der Waals surface area contributed by atoms with Crippen LogP contribution in [-0.4, -0.2) is 22.0 Å². The Kier molecular flexibility index (Phi) is 12.4. The van der Waals surface area contributed by atoms with E-state index in [4.69, 9.17) is 0 Å². The van der Waals surface area contributed by atoms with Gasteiger partial charge in [-0.15, -0.1) is 0 Å². The summed E-state index contributed by atoms with van der Waals surface area (Å²) < 4.78 is 0. The highest BCUT2D eigenvalue weighted by Crippen LogP contribution is 2.46. The largest absolute Gasteiger partial charge is 0.507 e. The number of benzene rings is 2. The molecule has 4 aliphatic carbocycles. The van der Waals surface area contributed by atoms with Crippen LogP contribution in [0.25, 0.3) is 0 Å². The van der Waals surface area contributed by atoms with Crippen LogP contribution in [0, 0.1) is 0 Å². The molecule has 4 N–H and O–H groups in total. The third kappa shape index (κ3) is 8.95. The van der Waals surface area contributed by atoms with E-state index in [2.05, 4.69) is 35.1 Å². The highest BCUT2D eigenvalue weighted by atomic mass is 16.3. The minimum Gasteiger partial charge on any atom is -0.507 e. The first-order valence-electron chi connectivity index (χ1n) is 19.7. The third-order valence-electron chi connectivity index (χ3n) is 12.3. The van der Waals surface area contributed by atoms with Gasteiger partial charge in [-0.1, -0.05) is 101 Å². The molecule has 2 aromatic carbocycles. The number of rotatable bonds is 10. The molecule has 0 bridgehead atoms. The van der Waals surface area contributed by atoms with Gasteiger partial charge in [0.25, 0.3) is 0 Å². The quantitative estimate of drug-likeness (QED) is 0.191. The van der Waals surface area contributed by atoms with Gasteiger partial charge in [-0.2, -0.15) is 0 Å². The van der Waals surface area contributed by atoms with E-state index < -0.39 is 0 Å². The van der Waals surface area contributed by atoms with Crippen molar-refractivity contribution in [1.29, 1.82) is 0 Å². The molecule has 4 aliphatic rings. The van der Waals surface area contributed by atoms with E-state index in [0.29, 0.717) is 48.0 Å². The minimum absolute atomic E-state index is 0.196. The number of nitrogens with one attached hydrogen (secondary N) is 2. The Morgan fingerprint density at radius 3 is 0.958 bits per heavy atom. The SMILES string of the molecule is O=C(CCc1cc(C2CCCCC2)c(O)c(C2CCCCC2)c1)NNC(=O)CCc1cc(C2CCCCC2)c(O)c(C2CCCCC2)c1. The summed E-state index contributed by atoms with van der Waals surface area (Å²) in [6, 6.07) is 8.63. The van der Waals surface area contributed by atoms with Gasteiger partial charge in [-0.05, 0) is 121 Å². The molecule has 0 atom stereocenters. The highest BCUT2D eigenvalue weighted by molar-refractivity contribution is 5.82. The molecule has 6 nitrogen and oxygen atoms in total. The van der Waals surface area contributed by atoms with Crippen LogP contribution < -0.4 is 10.9 Å². The fourth-order valence-corrected chi connectivity index (χ4v) is 9.46. The Morgan fingerprint density at radius 1 is 0.458 bits per heavy atom. The molecule has 0 saturated heterocycles. The van der Waals surface area contributed by atoms with E-state index >= 15 is 0 Å². The standard InChI is InChI=1S/C42H60N2O4/c45-39(23-21-29-25-35(31-13-5-1-6-14-31)41(47)36(26-29)32-15-7-2-8-16-32)43-44-40(46)24-22-30-27-37(33-17-9-3-10-18-33)42(48)38(28-30)34-19-11-4-12-20-34/h25-28,31-34,47-48H,1-24H2,(H,43,45)(H,44,46). The zero-order chi connectivity index (χ0) is 33.3. The molecule has 0 radical (unpaired) electrons. The Bertz CT molecular complexity index is 1190. The number of aromatic hydroxyl groups is 2. The number of carbonyl (C=O) groups excluding carboxylic acids is 2. The Morgan fingerprint density at radius 2 is 0.708 bits per heavy atom. The fraction of sp³-hybridized carbons (Fsp3) is 0.667. The van der Waals surface area contributed by atoms with E-state index in [1.54, 1.807) is 0 Å². The van der Waals surface area contributed by atoms with E-state index in [0.717, 1.165) is 84.7 Å². The zero-order valence-electron chi connectivity index (χ0n) is 29.3. The Hall–Kier alpha value is -3.02. The molecule has 0 unspecified atom stereocenters. The highest BCUT2D eigenvalue weighted by Gasteiger charge is 2.27. The van der Waals surface area contributed by atoms with Gasteiger partial charge in [0.1, 0.15) is 11.5 Å². The van der Waals surface area contributed by atoms with Crippen molar-refractivity contribution in [3.63, 3.8) is 0 Å². The van der Waals surface area contributed by atoms with Crippen molar-refractivity contribution >= 4 is 11.8 Å². The summed E-state index contributed by atoms with van der Waals surface area (Å²) in [7, 11) is 0. The van der Waals surface area contributed by atoms with Crippen molar-refractivity contribution in [2.75, 3.05) is 0 Å². The first-order valence-corrected chi connectivity index (χ1v) is 19.7. The summed E-state index contributed by atoms with van der Waals surface area (Å²) in [6.07, 6.45) is 25.6. The number of hydrogen-bond donors (Lipinski definition) is 4. The lowest BCUT2D eigenvalue weighted by Gasteiger charge is -2.28. The van der Waals surface area contributed by atoms with Gasteiger partial charge in [0, 0.05) is 12.8 Å². The molecule has 262 valence electrons. The summed E-state index contributed by atoms with van der Waals surface area (Å²) in [4.78, 5) is 25.8. The van der Waals surface area contributed by atoms with Gasteiger partial charge in [0.15, 0.2) is 0 Å². The molecule has 4 fully saturated rings. The smallest absolute Gasteiger partial charge is 0.238 e. The minimum atomic E-state index is -0.196. The van der Waals surface area contributed by atoms with Gasteiger partial charge in [0.05, 0.1) is 0 Å². The van der Waals surface area contributed by atoms with Crippen LogP contribution in [0.5, 0.6) is 11.5 Å². The van der Waals surface area contributed by atoms with E-state index in [1.807, 2.05) is 0 Å². The maximum atomic E-state index is 12.9. The molecule has 0 heterocycles. The average Bonchev–Trinajstić information content (AvgIpc) is 3.14. The summed E-state index contributed by atoms with van der Waals surface area (Å²) in [6.45, 7) is 0. The van der Waals surface area contributed by atoms with Gasteiger partial charge in [-0.25, -0.2) is 0 Å². The first kappa shape index (κ1) is 34.8. The van der Waals surface area contributed by atoms with Crippen molar-refractivity contribution in [1.82, 2.24) is 10.9 Å². The summed E-state index contributed by atoms with van der Waals surface area (Å²) in [5, 5.41) is 22.8. The van der Waals surface area contributed by atoms with Crippen LogP contribution in [-0.2, 0) is 22.4 Å². The van der Waals surface area contributed by atoms with E-state index in [9.17, 15) is 19.8 Å². The van der Waals surface area contributed by atoms with Crippen LogP contribution >= 0.6 is 0 Å². The number of phenols is 2.